The van der Waals surface area contributed by atoms with E-state index in [9.17, 15) is 9.59 Å². The molecule has 6 heteroatoms. The molecular formula is C13H12Br2O4. The summed E-state index contributed by atoms with van der Waals surface area (Å²) in [5, 5.41) is 0. The van der Waals surface area contributed by atoms with Gasteiger partial charge < -0.3 is 9.47 Å². The first-order valence-corrected chi connectivity index (χ1v) is 7.07. The normalized spacial score (nSPS) is 10.5. The average Bonchev–Trinajstić information content (AvgIpc) is 2.36. The first kappa shape index (κ1) is 15.9. The van der Waals surface area contributed by atoms with Crippen LogP contribution in [0.4, 0.5) is 0 Å². The zero-order valence-electron chi connectivity index (χ0n) is 10.2. The minimum absolute atomic E-state index is 0.167. The summed E-state index contributed by atoms with van der Waals surface area (Å²) in [5.74, 6) is 0.0169. The molecular weight excluding hydrogens is 380 g/mol. The number of esters is 1. The van der Waals surface area contributed by atoms with E-state index < -0.39 is 5.97 Å². The first-order chi connectivity index (χ1) is 9.08. The lowest BCUT2D eigenvalue weighted by Gasteiger charge is -2.09. The van der Waals surface area contributed by atoms with Gasteiger partial charge in [-0.2, -0.15) is 0 Å². The van der Waals surface area contributed by atoms with Crippen LogP contribution >= 0.6 is 31.9 Å². The lowest BCUT2D eigenvalue weighted by Crippen LogP contribution is -2.02. The minimum Gasteiger partial charge on any atom is -0.488 e. The van der Waals surface area contributed by atoms with Crippen LogP contribution in [0, 0.1) is 0 Å². The van der Waals surface area contributed by atoms with E-state index in [1.807, 2.05) is 0 Å². The maximum atomic E-state index is 11.1. The fourth-order valence-corrected chi connectivity index (χ4v) is 2.66. The number of halogens is 2. The van der Waals surface area contributed by atoms with Crippen molar-refractivity contribution in [2.45, 2.75) is 6.92 Å². The Morgan fingerprint density at radius 3 is 2.74 bits per heavy atom. The number of hydrogen-bond donors (Lipinski definition) is 0. The van der Waals surface area contributed by atoms with Gasteiger partial charge in [-0.3, -0.25) is 4.79 Å². The summed E-state index contributed by atoms with van der Waals surface area (Å²) >= 11 is 6.60. The number of rotatable bonds is 6. The summed E-state index contributed by atoms with van der Waals surface area (Å²) < 4.78 is 11.6. The second-order valence-corrected chi connectivity index (χ2v) is 5.16. The largest absolute Gasteiger partial charge is 0.488 e. The van der Waals surface area contributed by atoms with Gasteiger partial charge in [-0.05, 0) is 41.1 Å². The van der Waals surface area contributed by atoms with Gasteiger partial charge in [0.15, 0.2) is 6.29 Å². The van der Waals surface area contributed by atoms with Gasteiger partial charge in [-0.1, -0.05) is 15.9 Å². The van der Waals surface area contributed by atoms with Gasteiger partial charge in [-0.15, -0.1) is 0 Å². The maximum Gasteiger partial charge on any atom is 0.330 e. The summed E-state index contributed by atoms with van der Waals surface area (Å²) in [6.07, 6.45) is 3.53. The monoisotopic (exact) mass is 390 g/mol. The van der Waals surface area contributed by atoms with Crippen LogP contribution in [0.3, 0.4) is 0 Å². The molecule has 1 aromatic rings. The van der Waals surface area contributed by atoms with Crippen molar-refractivity contribution in [2.75, 3.05) is 13.2 Å². The molecule has 0 spiro atoms. The molecule has 0 fully saturated rings. The molecule has 0 radical (unpaired) electrons. The molecule has 1 rings (SSSR count). The third-order valence-corrected chi connectivity index (χ3v) is 3.08. The predicted octanol–water partition coefficient (Wildman–Crippen LogP) is 3.52. The number of hydrogen-bond acceptors (Lipinski definition) is 4. The van der Waals surface area contributed by atoms with Crippen LogP contribution in [0.5, 0.6) is 5.75 Å². The van der Waals surface area contributed by atoms with Crippen LogP contribution in [0.25, 0.3) is 0 Å². The Kier molecular flexibility index (Phi) is 6.80. The van der Waals surface area contributed by atoms with Crippen LogP contribution in [0.15, 0.2) is 33.2 Å². The van der Waals surface area contributed by atoms with E-state index in [2.05, 4.69) is 31.9 Å². The summed E-state index contributed by atoms with van der Waals surface area (Å²) in [5.41, 5.74) is 0.422. The van der Waals surface area contributed by atoms with Crippen LogP contribution in [0.1, 0.15) is 17.3 Å². The number of carbonyl (C=O) groups is 2. The Hall–Kier alpha value is -1.14. The van der Waals surface area contributed by atoms with Crippen molar-refractivity contribution in [2.24, 2.45) is 0 Å². The van der Waals surface area contributed by atoms with Crippen LogP contribution in [-0.4, -0.2) is 25.5 Å². The number of aldehydes is 1. The SMILES string of the molecule is CCOC(=O)/C=C/COc1c(Br)cc(Br)cc1C=O. The van der Waals surface area contributed by atoms with Gasteiger partial charge in [0.2, 0.25) is 0 Å². The van der Waals surface area contributed by atoms with Gasteiger partial charge in [0.25, 0.3) is 0 Å². The fourth-order valence-electron chi connectivity index (χ4n) is 1.29. The molecule has 0 saturated carbocycles. The Bertz CT molecular complexity index is 498. The highest BCUT2D eigenvalue weighted by molar-refractivity contribution is 9.11. The molecule has 0 heterocycles. The zero-order chi connectivity index (χ0) is 14.3. The van der Waals surface area contributed by atoms with Gasteiger partial charge >= 0.3 is 5.97 Å². The van der Waals surface area contributed by atoms with Crippen molar-refractivity contribution in [3.63, 3.8) is 0 Å². The van der Waals surface area contributed by atoms with Crippen LogP contribution in [0.2, 0.25) is 0 Å². The lowest BCUT2D eigenvalue weighted by molar-refractivity contribution is -0.137. The smallest absolute Gasteiger partial charge is 0.330 e. The minimum atomic E-state index is -0.420. The Labute approximate surface area is 128 Å². The molecule has 4 nitrogen and oxygen atoms in total. The number of ether oxygens (including phenoxy) is 2. The van der Waals surface area contributed by atoms with E-state index in [4.69, 9.17) is 9.47 Å². The second-order valence-electron chi connectivity index (χ2n) is 3.39. The molecule has 0 aliphatic carbocycles. The van der Waals surface area contributed by atoms with Crippen molar-refractivity contribution in [3.05, 3.63) is 38.8 Å². The lowest BCUT2D eigenvalue weighted by atomic mass is 10.2. The second kappa shape index (κ2) is 8.12. The van der Waals surface area contributed by atoms with Gasteiger partial charge in [0.1, 0.15) is 12.4 Å². The molecule has 0 saturated heterocycles. The van der Waals surface area contributed by atoms with E-state index in [1.54, 1.807) is 19.1 Å². The zero-order valence-corrected chi connectivity index (χ0v) is 13.4. The summed E-state index contributed by atoms with van der Waals surface area (Å²) in [6, 6.07) is 3.43. The molecule has 0 aliphatic heterocycles. The molecule has 102 valence electrons. The number of carbonyl (C=O) groups excluding carboxylic acids is 2. The Balaban J connectivity index is 2.68. The van der Waals surface area contributed by atoms with Crippen molar-refractivity contribution < 1.29 is 19.1 Å². The van der Waals surface area contributed by atoms with Crippen molar-refractivity contribution in [1.29, 1.82) is 0 Å². The molecule has 19 heavy (non-hydrogen) atoms. The molecule has 0 aromatic heterocycles. The molecule has 0 amide bonds. The molecule has 0 unspecified atom stereocenters. The standard InChI is InChI=1S/C13H12Br2O4/c1-2-18-12(17)4-3-5-19-13-9(8-16)6-10(14)7-11(13)15/h3-4,6-8H,2,5H2,1H3/b4-3+. The molecule has 0 N–H and O–H groups in total. The quantitative estimate of drug-likeness (QED) is 0.423. The van der Waals surface area contributed by atoms with E-state index >= 15 is 0 Å². The van der Waals surface area contributed by atoms with Crippen molar-refractivity contribution in [3.8, 4) is 5.75 Å². The van der Waals surface area contributed by atoms with Crippen LogP contribution in [-0.2, 0) is 9.53 Å². The first-order valence-electron chi connectivity index (χ1n) is 5.48. The third kappa shape index (κ3) is 5.16. The van der Waals surface area contributed by atoms with Crippen molar-refractivity contribution >= 4 is 44.1 Å². The van der Waals surface area contributed by atoms with E-state index in [0.717, 1.165) is 4.47 Å². The van der Waals surface area contributed by atoms with E-state index in [1.165, 1.54) is 12.2 Å². The van der Waals surface area contributed by atoms with Gasteiger partial charge in [0.05, 0.1) is 16.6 Å². The van der Waals surface area contributed by atoms with Gasteiger partial charge in [-0.25, -0.2) is 4.79 Å². The summed E-state index contributed by atoms with van der Waals surface area (Å²) in [6.45, 7) is 2.23. The highest BCUT2D eigenvalue weighted by Crippen LogP contribution is 2.31. The van der Waals surface area contributed by atoms with Gasteiger partial charge in [0, 0.05) is 10.5 Å². The average molecular weight is 392 g/mol. The van der Waals surface area contributed by atoms with Crippen LogP contribution < -0.4 is 4.74 Å². The fraction of sp³-hybridized carbons (Fsp3) is 0.231. The highest BCUT2D eigenvalue weighted by atomic mass is 79.9. The highest BCUT2D eigenvalue weighted by Gasteiger charge is 2.09. The predicted molar refractivity (Wildman–Crippen MR) is 78.5 cm³/mol. The van der Waals surface area contributed by atoms with E-state index in [0.29, 0.717) is 28.7 Å². The van der Waals surface area contributed by atoms with Crippen molar-refractivity contribution in [1.82, 2.24) is 0 Å². The third-order valence-electron chi connectivity index (χ3n) is 2.03. The topological polar surface area (TPSA) is 52.6 Å². The maximum absolute atomic E-state index is 11.1. The summed E-state index contributed by atoms with van der Waals surface area (Å²) in [7, 11) is 0. The Morgan fingerprint density at radius 2 is 2.11 bits per heavy atom. The molecule has 0 atom stereocenters. The summed E-state index contributed by atoms with van der Waals surface area (Å²) in [4.78, 5) is 22.0. The number of benzene rings is 1. The van der Waals surface area contributed by atoms with E-state index in [-0.39, 0.29) is 6.61 Å². The molecule has 0 aliphatic rings. The molecule has 0 bridgehead atoms. The molecule has 1 aromatic carbocycles. The Morgan fingerprint density at radius 1 is 1.37 bits per heavy atom.